The second-order valence-electron chi connectivity index (χ2n) is 5.27. The number of nitrogens with one attached hydrogen (secondary N) is 1. The fourth-order valence-corrected chi connectivity index (χ4v) is 2.59. The number of hydrazine groups is 1. The fraction of sp³-hybridized carbons (Fsp3) is 0.643. The zero-order valence-corrected chi connectivity index (χ0v) is 12.3. The molecule has 4 N–H and O–H groups in total. The molecule has 1 saturated heterocycles. The molecule has 2 rings (SSSR count). The third-order valence-electron chi connectivity index (χ3n) is 3.67. The first-order chi connectivity index (χ1) is 10.1. The van der Waals surface area contributed by atoms with Gasteiger partial charge in [0.15, 0.2) is 5.76 Å². The Hall–Kier alpha value is -1.41. The van der Waals surface area contributed by atoms with Crippen LogP contribution in [0.5, 0.6) is 0 Å². The number of amides is 1. The van der Waals surface area contributed by atoms with Crippen LogP contribution in [0, 0.1) is 6.92 Å². The number of nitrogens with zero attached hydrogens (tertiary/aromatic N) is 1. The Morgan fingerprint density at radius 3 is 2.90 bits per heavy atom. The fourth-order valence-electron chi connectivity index (χ4n) is 2.59. The number of carbonyl (C=O) groups excluding carboxylic acids is 1. The third kappa shape index (κ3) is 4.28. The average molecular weight is 297 g/mol. The number of carbonyl (C=O) groups is 1. The molecule has 1 amide bonds. The molecule has 0 aromatic carbocycles. The molecule has 1 aliphatic rings. The highest BCUT2D eigenvalue weighted by atomic mass is 16.5. The summed E-state index contributed by atoms with van der Waals surface area (Å²) in [6, 6.07) is 1.87. The molecular weight excluding hydrogens is 274 g/mol. The minimum Gasteiger partial charge on any atom is -0.454 e. The van der Waals surface area contributed by atoms with Gasteiger partial charge in [0.1, 0.15) is 5.76 Å². The summed E-state index contributed by atoms with van der Waals surface area (Å²) < 4.78 is 11.1. The van der Waals surface area contributed by atoms with Gasteiger partial charge < -0.3 is 14.3 Å². The van der Waals surface area contributed by atoms with Crippen molar-refractivity contribution in [3.63, 3.8) is 0 Å². The molecule has 0 unspecified atom stereocenters. The van der Waals surface area contributed by atoms with E-state index in [1.165, 1.54) is 0 Å². The SMILES string of the molecule is Cc1cc(CN2CCC(OCCO)CC2)oc1C(=O)NN. The molecule has 0 saturated carbocycles. The maximum absolute atomic E-state index is 11.5. The normalized spacial score (nSPS) is 17.1. The number of nitrogen functional groups attached to an aromatic ring is 1. The monoisotopic (exact) mass is 297 g/mol. The molecule has 0 spiro atoms. The van der Waals surface area contributed by atoms with Crippen LogP contribution in [0.2, 0.25) is 0 Å². The highest BCUT2D eigenvalue weighted by Gasteiger charge is 2.21. The summed E-state index contributed by atoms with van der Waals surface area (Å²) in [5, 5.41) is 8.75. The van der Waals surface area contributed by atoms with Crippen LogP contribution in [0.3, 0.4) is 0 Å². The molecule has 1 aliphatic heterocycles. The van der Waals surface area contributed by atoms with Crippen LogP contribution < -0.4 is 11.3 Å². The van der Waals surface area contributed by atoms with Gasteiger partial charge in [0.25, 0.3) is 0 Å². The quantitative estimate of drug-likeness (QED) is 0.393. The summed E-state index contributed by atoms with van der Waals surface area (Å²) in [7, 11) is 0. The molecule has 7 heteroatoms. The molecule has 118 valence electrons. The molecule has 0 bridgehead atoms. The van der Waals surface area contributed by atoms with Gasteiger partial charge in [-0.2, -0.15) is 0 Å². The number of likely N-dealkylation sites (tertiary alicyclic amines) is 1. The lowest BCUT2D eigenvalue weighted by molar-refractivity contribution is -0.00994. The maximum Gasteiger partial charge on any atom is 0.301 e. The predicted octanol–water partition coefficient (Wildman–Crippen LogP) is 0.165. The molecule has 0 atom stereocenters. The summed E-state index contributed by atoms with van der Waals surface area (Å²) in [4.78, 5) is 13.8. The smallest absolute Gasteiger partial charge is 0.301 e. The standard InChI is InChI=1S/C14H23N3O4/c1-10-8-12(21-13(10)14(19)16-15)9-17-4-2-11(3-5-17)20-7-6-18/h8,11,18H,2-7,9,15H2,1H3,(H,16,19). The van der Waals surface area contributed by atoms with Crippen LogP contribution in [-0.2, 0) is 11.3 Å². The van der Waals surface area contributed by atoms with E-state index < -0.39 is 5.91 Å². The van der Waals surface area contributed by atoms with Crippen molar-refractivity contribution in [1.82, 2.24) is 10.3 Å². The first-order valence-electron chi connectivity index (χ1n) is 7.19. The van der Waals surface area contributed by atoms with Crippen LogP contribution >= 0.6 is 0 Å². The molecule has 0 aliphatic carbocycles. The van der Waals surface area contributed by atoms with Crippen molar-refractivity contribution in [2.75, 3.05) is 26.3 Å². The predicted molar refractivity (Wildman–Crippen MR) is 76.4 cm³/mol. The van der Waals surface area contributed by atoms with Crippen molar-refractivity contribution in [3.8, 4) is 0 Å². The van der Waals surface area contributed by atoms with Gasteiger partial charge in [-0.3, -0.25) is 15.1 Å². The van der Waals surface area contributed by atoms with Gasteiger partial charge in [0.2, 0.25) is 0 Å². The average Bonchev–Trinajstić information content (AvgIpc) is 2.86. The van der Waals surface area contributed by atoms with E-state index in [1.807, 2.05) is 13.0 Å². The molecule has 2 heterocycles. The number of aryl methyl sites for hydroxylation is 1. The van der Waals surface area contributed by atoms with Crippen molar-refractivity contribution in [1.29, 1.82) is 0 Å². The number of furan rings is 1. The molecule has 21 heavy (non-hydrogen) atoms. The van der Waals surface area contributed by atoms with E-state index in [-0.39, 0.29) is 18.5 Å². The van der Waals surface area contributed by atoms with Gasteiger partial charge in [0, 0.05) is 18.7 Å². The Morgan fingerprint density at radius 1 is 1.57 bits per heavy atom. The second-order valence-corrected chi connectivity index (χ2v) is 5.27. The van der Waals surface area contributed by atoms with Crippen molar-refractivity contribution in [3.05, 3.63) is 23.2 Å². The Labute approximate surface area is 124 Å². The third-order valence-corrected chi connectivity index (χ3v) is 3.67. The van der Waals surface area contributed by atoms with Crippen molar-refractivity contribution >= 4 is 5.91 Å². The summed E-state index contributed by atoms with van der Waals surface area (Å²) in [6.45, 7) is 4.79. The molecule has 1 aromatic heterocycles. The van der Waals surface area contributed by atoms with Gasteiger partial charge in [-0.25, -0.2) is 5.84 Å². The zero-order valence-electron chi connectivity index (χ0n) is 12.3. The van der Waals surface area contributed by atoms with E-state index in [0.717, 1.165) is 37.3 Å². The molecule has 1 aromatic rings. The topological polar surface area (TPSA) is 101 Å². The van der Waals surface area contributed by atoms with Crippen LogP contribution in [0.15, 0.2) is 10.5 Å². The van der Waals surface area contributed by atoms with Gasteiger partial charge in [-0.05, 0) is 25.8 Å². The minimum absolute atomic E-state index is 0.0673. The summed E-state index contributed by atoms with van der Waals surface area (Å²) in [6.07, 6.45) is 2.11. The Kier molecular flexibility index (Phi) is 5.75. The minimum atomic E-state index is -0.408. The summed E-state index contributed by atoms with van der Waals surface area (Å²) >= 11 is 0. The molecule has 0 radical (unpaired) electrons. The van der Waals surface area contributed by atoms with E-state index in [4.69, 9.17) is 20.1 Å². The summed E-state index contributed by atoms with van der Waals surface area (Å²) in [5.74, 6) is 5.75. The van der Waals surface area contributed by atoms with Crippen LogP contribution in [-0.4, -0.2) is 48.3 Å². The Bertz CT molecular complexity index is 467. The van der Waals surface area contributed by atoms with E-state index in [9.17, 15) is 4.79 Å². The van der Waals surface area contributed by atoms with Gasteiger partial charge in [-0.1, -0.05) is 0 Å². The Balaban J connectivity index is 1.85. The van der Waals surface area contributed by atoms with Crippen LogP contribution in [0.25, 0.3) is 0 Å². The molecule has 7 nitrogen and oxygen atoms in total. The number of piperidine rings is 1. The van der Waals surface area contributed by atoms with Crippen molar-refractivity contribution in [2.45, 2.75) is 32.4 Å². The number of hydrogen-bond donors (Lipinski definition) is 3. The van der Waals surface area contributed by atoms with E-state index in [1.54, 1.807) is 0 Å². The van der Waals surface area contributed by atoms with Gasteiger partial charge >= 0.3 is 5.91 Å². The van der Waals surface area contributed by atoms with E-state index in [2.05, 4.69) is 10.3 Å². The highest BCUT2D eigenvalue weighted by molar-refractivity contribution is 5.92. The largest absolute Gasteiger partial charge is 0.454 e. The number of nitrogens with two attached hydrogens (primary N) is 1. The summed E-state index contributed by atoms with van der Waals surface area (Å²) in [5.41, 5.74) is 2.87. The van der Waals surface area contributed by atoms with E-state index >= 15 is 0 Å². The highest BCUT2D eigenvalue weighted by Crippen LogP contribution is 2.19. The van der Waals surface area contributed by atoms with E-state index in [0.29, 0.717) is 13.2 Å². The molecule has 1 fully saturated rings. The number of ether oxygens (including phenoxy) is 1. The van der Waals surface area contributed by atoms with Gasteiger partial charge in [-0.15, -0.1) is 0 Å². The second kappa shape index (κ2) is 7.56. The van der Waals surface area contributed by atoms with Crippen molar-refractivity contribution < 1.29 is 19.1 Å². The van der Waals surface area contributed by atoms with Crippen LogP contribution in [0.1, 0.15) is 34.7 Å². The van der Waals surface area contributed by atoms with Crippen molar-refractivity contribution in [2.24, 2.45) is 5.84 Å². The number of hydrogen-bond acceptors (Lipinski definition) is 6. The Morgan fingerprint density at radius 2 is 2.29 bits per heavy atom. The number of aliphatic hydroxyl groups excluding tert-OH is 1. The lowest BCUT2D eigenvalue weighted by Gasteiger charge is -2.31. The number of aliphatic hydroxyl groups is 1. The first kappa shape index (κ1) is 16.0. The first-order valence-corrected chi connectivity index (χ1v) is 7.19. The lowest BCUT2D eigenvalue weighted by Crippen LogP contribution is -2.36. The zero-order chi connectivity index (χ0) is 15.2. The molecular formula is C14H23N3O4. The maximum atomic E-state index is 11.5. The lowest BCUT2D eigenvalue weighted by atomic mass is 10.1. The number of rotatable bonds is 6. The van der Waals surface area contributed by atoms with Crippen LogP contribution in [0.4, 0.5) is 0 Å². The van der Waals surface area contributed by atoms with Gasteiger partial charge in [0.05, 0.1) is 25.9 Å².